The summed E-state index contributed by atoms with van der Waals surface area (Å²) in [5, 5.41) is 23.6. The monoisotopic (exact) mass is 453 g/mol. The van der Waals surface area contributed by atoms with Crippen LogP contribution in [-0.4, -0.2) is 49.7 Å². The lowest BCUT2D eigenvalue weighted by molar-refractivity contribution is -0.389. The second kappa shape index (κ2) is 9.09. The van der Waals surface area contributed by atoms with E-state index >= 15 is 0 Å². The molecule has 0 fully saturated rings. The van der Waals surface area contributed by atoms with Crippen LogP contribution >= 0.6 is 0 Å². The van der Waals surface area contributed by atoms with Gasteiger partial charge in [0.25, 0.3) is 5.91 Å². The topological polar surface area (TPSA) is 188 Å². The van der Waals surface area contributed by atoms with Gasteiger partial charge in [-0.3, -0.25) is 9.59 Å². The number of rotatable bonds is 8. The Bertz CT molecular complexity index is 1400. The first-order chi connectivity index (χ1) is 15.9. The van der Waals surface area contributed by atoms with Gasteiger partial charge in [-0.1, -0.05) is 23.4 Å². The van der Waals surface area contributed by atoms with E-state index in [4.69, 9.17) is 8.94 Å². The Balaban J connectivity index is 1.27. The summed E-state index contributed by atoms with van der Waals surface area (Å²) in [5.74, 6) is -1.89. The smallest absolute Gasteiger partial charge is 0.389 e. The number of para-hydroxylation sites is 1. The number of carbonyl (C=O) groups is 2. The summed E-state index contributed by atoms with van der Waals surface area (Å²) in [5.41, 5.74) is -0.549. The molecule has 0 bridgehead atoms. The summed E-state index contributed by atoms with van der Waals surface area (Å²) in [6, 6.07) is 9.44. The molecule has 2 N–H and O–H groups in total. The van der Waals surface area contributed by atoms with Crippen LogP contribution in [0.3, 0.4) is 0 Å². The molecule has 3 heterocycles. The minimum Gasteiger partial charge on any atom is -0.422 e. The molecule has 0 aliphatic carbocycles. The van der Waals surface area contributed by atoms with Crippen molar-refractivity contribution in [1.29, 1.82) is 0 Å². The number of fused-ring (bicyclic) bond motifs is 1. The molecule has 14 nitrogen and oxygen atoms in total. The summed E-state index contributed by atoms with van der Waals surface area (Å²) in [6.07, 6.45) is 1.37. The molecule has 1 aromatic carbocycles. The molecule has 3 aromatic heterocycles. The molecule has 4 rings (SSSR count). The van der Waals surface area contributed by atoms with E-state index in [1.807, 2.05) is 0 Å². The molecule has 0 saturated heterocycles. The number of nitrogens with one attached hydrogen (secondary N) is 2. The van der Waals surface area contributed by atoms with E-state index in [1.54, 1.807) is 24.3 Å². The molecular formula is C19H15N7O7. The number of nitro groups is 1. The minimum absolute atomic E-state index is 0.0204. The van der Waals surface area contributed by atoms with Gasteiger partial charge in [0.2, 0.25) is 0 Å². The average molecular weight is 453 g/mol. The summed E-state index contributed by atoms with van der Waals surface area (Å²) in [4.78, 5) is 50.3. The molecule has 0 saturated carbocycles. The zero-order valence-corrected chi connectivity index (χ0v) is 16.8. The van der Waals surface area contributed by atoms with E-state index in [0.29, 0.717) is 11.0 Å². The van der Waals surface area contributed by atoms with Crippen LogP contribution in [-0.2, 0) is 6.54 Å². The number of carbonyl (C=O) groups excluding carboxylic acids is 2. The zero-order valence-electron chi connectivity index (χ0n) is 16.8. The molecular weight excluding hydrogens is 438 g/mol. The van der Waals surface area contributed by atoms with Gasteiger partial charge in [-0.2, -0.15) is 9.67 Å². The van der Waals surface area contributed by atoms with Crippen LogP contribution in [0.5, 0.6) is 0 Å². The fraction of sp³-hybridized carbons (Fsp3) is 0.158. The molecule has 4 aromatic rings. The standard InChI is InChI=1S/C19H15N7O7/c27-16(12-9-11-3-1-2-4-13(11)32-19(12)29)20-6-7-21-17(28)18-22-14(24-33-18)10-25-8-5-15(23-25)26(30)31/h1-5,8-9H,6-7,10H2,(H,20,27)(H,21,28). The molecule has 14 heteroatoms. The third-order valence-corrected chi connectivity index (χ3v) is 4.36. The predicted octanol–water partition coefficient (Wildman–Crippen LogP) is 0.489. The summed E-state index contributed by atoms with van der Waals surface area (Å²) >= 11 is 0. The molecule has 0 aliphatic heterocycles. The SMILES string of the molecule is O=C(NCCNC(=O)c1cc2ccccc2oc1=O)c1nc(Cn2ccc([N+](=O)[O-])n2)no1. The van der Waals surface area contributed by atoms with Crippen molar-refractivity contribution in [2.75, 3.05) is 13.1 Å². The second-order valence-electron chi connectivity index (χ2n) is 6.64. The van der Waals surface area contributed by atoms with E-state index < -0.39 is 22.4 Å². The van der Waals surface area contributed by atoms with Gasteiger partial charge in [0.05, 0.1) is 17.4 Å². The quantitative estimate of drug-likeness (QED) is 0.164. The van der Waals surface area contributed by atoms with Gasteiger partial charge in [-0.25, -0.2) is 4.79 Å². The van der Waals surface area contributed by atoms with Crippen LogP contribution < -0.4 is 16.3 Å². The van der Waals surface area contributed by atoms with Crippen molar-refractivity contribution < 1.29 is 23.5 Å². The maximum atomic E-state index is 12.3. The number of benzene rings is 1. The molecule has 0 spiro atoms. The van der Waals surface area contributed by atoms with Crippen LogP contribution in [0.2, 0.25) is 0 Å². The minimum atomic E-state index is -0.767. The largest absolute Gasteiger partial charge is 0.422 e. The third kappa shape index (κ3) is 4.90. The van der Waals surface area contributed by atoms with Crippen LogP contribution in [0, 0.1) is 10.1 Å². The van der Waals surface area contributed by atoms with Crippen molar-refractivity contribution in [1.82, 2.24) is 30.6 Å². The fourth-order valence-electron chi connectivity index (χ4n) is 2.83. The third-order valence-electron chi connectivity index (χ3n) is 4.36. The number of amides is 2. The van der Waals surface area contributed by atoms with Gasteiger partial charge in [-0.15, -0.1) is 0 Å². The van der Waals surface area contributed by atoms with Gasteiger partial charge in [0, 0.05) is 18.5 Å². The molecule has 33 heavy (non-hydrogen) atoms. The lowest BCUT2D eigenvalue weighted by atomic mass is 10.2. The number of nitrogens with zero attached hydrogens (tertiary/aromatic N) is 5. The van der Waals surface area contributed by atoms with E-state index in [0.717, 1.165) is 0 Å². The van der Waals surface area contributed by atoms with Gasteiger partial charge in [-0.05, 0) is 17.1 Å². The Kier molecular flexibility index (Phi) is 5.88. The van der Waals surface area contributed by atoms with E-state index in [9.17, 15) is 24.5 Å². The van der Waals surface area contributed by atoms with Crippen LogP contribution in [0.4, 0.5) is 5.82 Å². The van der Waals surface area contributed by atoms with Crippen molar-refractivity contribution in [2.45, 2.75) is 6.54 Å². The molecule has 0 unspecified atom stereocenters. The Morgan fingerprint density at radius 3 is 2.64 bits per heavy atom. The lowest BCUT2D eigenvalue weighted by Crippen LogP contribution is -2.36. The molecule has 2 amide bonds. The van der Waals surface area contributed by atoms with Crippen LogP contribution in [0.15, 0.2) is 56.3 Å². The maximum Gasteiger partial charge on any atom is 0.389 e. The van der Waals surface area contributed by atoms with Crippen molar-refractivity contribution in [3.8, 4) is 0 Å². The van der Waals surface area contributed by atoms with Crippen molar-refractivity contribution in [2.24, 2.45) is 0 Å². The number of hydrogen-bond donors (Lipinski definition) is 2. The first-order valence-electron chi connectivity index (χ1n) is 9.50. The van der Waals surface area contributed by atoms with Crippen molar-refractivity contribution >= 4 is 28.6 Å². The van der Waals surface area contributed by atoms with E-state index in [2.05, 4.69) is 25.9 Å². The number of aromatic nitrogens is 4. The molecule has 168 valence electrons. The summed E-state index contributed by atoms with van der Waals surface area (Å²) < 4.78 is 11.2. The Hall–Kier alpha value is -4.88. The predicted molar refractivity (Wildman–Crippen MR) is 109 cm³/mol. The Morgan fingerprint density at radius 1 is 1.12 bits per heavy atom. The second-order valence-corrected chi connectivity index (χ2v) is 6.64. The van der Waals surface area contributed by atoms with Gasteiger partial charge >= 0.3 is 23.2 Å². The molecule has 0 aliphatic rings. The van der Waals surface area contributed by atoms with Crippen LogP contribution in [0.1, 0.15) is 26.9 Å². The Labute approximate surface area is 183 Å². The van der Waals surface area contributed by atoms with Gasteiger partial charge in [0.1, 0.15) is 17.7 Å². The Morgan fingerprint density at radius 2 is 1.88 bits per heavy atom. The zero-order chi connectivity index (χ0) is 23.4. The summed E-state index contributed by atoms with van der Waals surface area (Å²) in [7, 11) is 0. The fourth-order valence-corrected chi connectivity index (χ4v) is 2.83. The first-order valence-corrected chi connectivity index (χ1v) is 9.50. The van der Waals surface area contributed by atoms with E-state index in [1.165, 1.54) is 23.0 Å². The highest BCUT2D eigenvalue weighted by molar-refractivity contribution is 5.96. The van der Waals surface area contributed by atoms with Crippen LogP contribution in [0.25, 0.3) is 11.0 Å². The van der Waals surface area contributed by atoms with Crippen molar-refractivity contribution in [3.63, 3.8) is 0 Å². The number of hydrogen-bond acceptors (Lipinski definition) is 10. The van der Waals surface area contributed by atoms with Gasteiger partial charge in [0.15, 0.2) is 5.82 Å². The molecule has 0 atom stereocenters. The van der Waals surface area contributed by atoms with Crippen molar-refractivity contribution in [3.05, 3.63) is 80.4 Å². The lowest BCUT2D eigenvalue weighted by Gasteiger charge is -2.05. The first kappa shape index (κ1) is 21.4. The van der Waals surface area contributed by atoms with Gasteiger partial charge < -0.3 is 29.7 Å². The highest BCUT2D eigenvalue weighted by atomic mass is 16.6. The normalized spacial score (nSPS) is 10.8. The van der Waals surface area contributed by atoms with E-state index in [-0.39, 0.29) is 42.7 Å². The highest BCUT2D eigenvalue weighted by Crippen LogP contribution is 2.12. The average Bonchev–Trinajstić information content (AvgIpc) is 3.46. The molecule has 0 radical (unpaired) electrons. The highest BCUT2D eigenvalue weighted by Gasteiger charge is 2.18. The maximum absolute atomic E-state index is 12.3. The summed E-state index contributed by atoms with van der Waals surface area (Å²) in [6.45, 7) is 0.0103.